The van der Waals surface area contributed by atoms with Crippen LogP contribution < -0.4 is 10.5 Å². The van der Waals surface area contributed by atoms with Crippen LogP contribution in [0.15, 0.2) is 48.5 Å². The normalized spacial score (nSPS) is 15.6. The first kappa shape index (κ1) is 15.4. The maximum absolute atomic E-state index is 9.05. The van der Waals surface area contributed by atoms with E-state index in [9.17, 15) is 0 Å². The standard InChI is InChI=1S/C20H18N4O/c1-25-19-5-3-2-4-18(19)24-20(14-8-6-13(12-21)7-9-14)16-10-15(22)11-17(16)23-24/h2-9,15H,10-11,22H2,1H3/t15-/m0/s1. The molecule has 124 valence electrons. The van der Waals surface area contributed by atoms with Crippen molar-refractivity contribution in [3.8, 4) is 28.8 Å². The number of rotatable bonds is 3. The molecule has 1 aliphatic rings. The zero-order valence-electron chi connectivity index (χ0n) is 13.9. The quantitative estimate of drug-likeness (QED) is 0.801. The molecule has 0 spiro atoms. The SMILES string of the molecule is COc1ccccc1-n1nc2c(c1-c1ccc(C#N)cc1)C[C@H](N)C2. The summed E-state index contributed by atoms with van der Waals surface area (Å²) in [5, 5.41) is 13.9. The van der Waals surface area contributed by atoms with Crippen LogP contribution >= 0.6 is 0 Å². The van der Waals surface area contributed by atoms with Gasteiger partial charge in [0.2, 0.25) is 0 Å². The molecule has 0 aliphatic heterocycles. The Morgan fingerprint density at radius 2 is 1.92 bits per heavy atom. The van der Waals surface area contributed by atoms with Gasteiger partial charge in [0.15, 0.2) is 0 Å². The average molecular weight is 330 g/mol. The summed E-state index contributed by atoms with van der Waals surface area (Å²) in [5.41, 5.74) is 12.0. The Morgan fingerprint density at radius 3 is 2.64 bits per heavy atom. The van der Waals surface area contributed by atoms with Crippen LogP contribution in [0, 0.1) is 11.3 Å². The van der Waals surface area contributed by atoms with Crippen molar-refractivity contribution in [3.05, 3.63) is 65.4 Å². The maximum Gasteiger partial charge on any atom is 0.144 e. The minimum absolute atomic E-state index is 0.113. The molecule has 2 N–H and O–H groups in total. The number of hydrogen-bond donors (Lipinski definition) is 1. The van der Waals surface area contributed by atoms with Crippen molar-refractivity contribution < 1.29 is 4.74 Å². The van der Waals surface area contributed by atoms with E-state index >= 15 is 0 Å². The highest BCUT2D eigenvalue weighted by atomic mass is 16.5. The smallest absolute Gasteiger partial charge is 0.144 e. The van der Waals surface area contributed by atoms with Crippen molar-refractivity contribution >= 4 is 0 Å². The number of hydrogen-bond acceptors (Lipinski definition) is 4. The lowest BCUT2D eigenvalue weighted by Crippen LogP contribution is -2.20. The van der Waals surface area contributed by atoms with Gasteiger partial charge in [0, 0.05) is 23.6 Å². The van der Waals surface area contributed by atoms with Crippen LogP contribution in [0.4, 0.5) is 0 Å². The highest BCUT2D eigenvalue weighted by molar-refractivity contribution is 5.70. The lowest BCUT2D eigenvalue weighted by molar-refractivity contribution is 0.411. The second kappa shape index (κ2) is 6.08. The van der Waals surface area contributed by atoms with Crippen molar-refractivity contribution in [2.75, 3.05) is 7.11 Å². The molecule has 0 bridgehead atoms. The molecule has 3 aromatic rings. The largest absolute Gasteiger partial charge is 0.494 e. The van der Waals surface area contributed by atoms with E-state index in [-0.39, 0.29) is 6.04 Å². The number of nitrogens with two attached hydrogens (primary N) is 1. The summed E-state index contributed by atoms with van der Waals surface area (Å²) < 4.78 is 7.46. The van der Waals surface area contributed by atoms with Gasteiger partial charge in [0.05, 0.1) is 30.1 Å². The first-order valence-corrected chi connectivity index (χ1v) is 8.21. The van der Waals surface area contributed by atoms with Gasteiger partial charge in [-0.3, -0.25) is 0 Å². The lowest BCUT2D eigenvalue weighted by Gasteiger charge is -2.14. The Balaban J connectivity index is 1.94. The fraction of sp³-hybridized carbons (Fsp3) is 0.200. The Labute approximate surface area is 146 Å². The van der Waals surface area contributed by atoms with Crippen LogP contribution in [0.25, 0.3) is 16.9 Å². The third-order valence-corrected chi connectivity index (χ3v) is 4.59. The van der Waals surface area contributed by atoms with Crippen LogP contribution in [-0.4, -0.2) is 22.9 Å². The molecule has 0 fully saturated rings. The van der Waals surface area contributed by atoms with E-state index < -0.39 is 0 Å². The van der Waals surface area contributed by atoms with Crippen molar-refractivity contribution in [1.82, 2.24) is 9.78 Å². The molecular weight excluding hydrogens is 312 g/mol. The number of para-hydroxylation sites is 2. The van der Waals surface area contributed by atoms with Gasteiger partial charge < -0.3 is 10.5 Å². The van der Waals surface area contributed by atoms with Crippen LogP contribution in [0.2, 0.25) is 0 Å². The van der Waals surface area contributed by atoms with Gasteiger partial charge in [0.1, 0.15) is 11.4 Å². The molecule has 0 amide bonds. The van der Waals surface area contributed by atoms with E-state index in [1.165, 1.54) is 5.56 Å². The van der Waals surface area contributed by atoms with Crippen LogP contribution in [0.1, 0.15) is 16.8 Å². The Morgan fingerprint density at radius 1 is 1.16 bits per heavy atom. The molecule has 0 radical (unpaired) electrons. The zero-order valence-corrected chi connectivity index (χ0v) is 13.9. The molecule has 1 atom stereocenters. The monoisotopic (exact) mass is 330 g/mol. The van der Waals surface area contributed by atoms with E-state index in [1.54, 1.807) is 7.11 Å². The molecule has 5 nitrogen and oxygen atoms in total. The van der Waals surface area contributed by atoms with E-state index in [1.807, 2.05) is 53.2 Å². The van der Waals surface area contributed by atoms with E-state index in [0.29, 0.717) is 5.56 Å². The minimum atomic E-state index is 0.113. The molecule has 2 aromatic carbocycles. The van der Waals surface area contributed by atoms with E-state index in [4.69, 9.17) is 20.8 Å². The van der Waals surface area contributed by atoms with Crippen LogP contribution in [0.3, 0.4) is 0 Å². The second-order valence-electron chi connectivity index (χ2n) is 6.21. The molecule has 5 heteroatoms. The third-order valence-electron chi connectivity index (χ3n) is 4.59. The summed E-state index contributed by atoms with van der Waals surface area (Å²) in [6.45, 7) is 0. The number of methoxy groups -OCH3 is 1. The maximum atomic E-state index is 9.05. The van der Waals surface area contributed by atoms with Gasteiger partial charge in [0.25, 0.3) is 0 Å². The van der Waals surface area contributed by atoms with Crippen molar-refractivity contribution in [2.24, 2.45) is 5.73 Å². The second-order valence-corrected chi connectivity index (χ2v) is 6.21. The first-order chi connectivity index (χ1) is 12.2. The highest BCUT2D eigenvalue weighted by Gasteiger charge is 2.28. The summed E-state index contributed by atoms with van der Waals surface area (Å²) in [4.78, 5) is 0. The van der Waals surface area contributed by atoms with Gasteiger partial charge in [-0.05, 0) is 30.7 Å². The third kappa shape index (κ3) is 2.57. The molecule has 1 heterocycles. The predicted octanol–water partition coefficient (Wildman–Crippen LogP) is 2.85. The number of aromatic nitrogens is 2. The summed E-state index contributed by atoms with van der Waals surface area (Å²) in [6.07, 6.45) is 1.58. The molecular formula is C20H18N4O. The predicted molar refractivity (Wildman–Crippen MR) is 95.7 cm³/mol. The molecule has 0 saturated carbocycles. The summed E-state index contributed by atoms with van der Waals surface area (Å²) in [6, 6.07) is 17.7. The average Bonchev–Trinajstić information content (AvgIpc) is 3.17. The Bertz CT molecular complexity index is 966. The fourth-order valence-corrected chi connectivity index (χ4v) is 3.44. The van der Waals surface area contributed by atoms with Gasteiger partial charge in [-0.15, -0.1) is 0 Å². The topological polar surface area (TPSA) is 76.9 Å². The Kier molecular flexibility index (Phi) is 3.75. The van der Waals surface area contributed by atoms with Crippen molar-refractivity contribution in [3.63, 3.8) is 0 Å². The number of fused-ring (bicyclic) bond motifs is 1. The van der Waals surface area contributed by atoms with Crippen molar-refractivity contribution in [1.29, 1.82) is 5.26 Å². The number of ether oxygens (including phenoxy) is 1. The van der Waals surface area contributed by atoms with E-state index in [2.05, 4.69) is 6.07 Å². The number of benzene rings is 2. The van der Waals surface area contributed by atoms with Crippen LogP contribution in [-0.2, 0) is 12.8 Å². The van der Waals surface area contributed by atoms with Gasteiger partial charge >= 0.3 is 0 Å². The molecule has 4 rings (SSSR count). The summed E-state index contributed by atoms with van der Waals surface area (Å²) in [5.74, 6) is 0.767. The molecule has 25 heavy (non-hydrogen) atoms. The van der Waals surface area contributed by atoms with Crippen molar-refractivity contribution in [2.45, 2.75) is 18.9 Å². The van der Waals surface area contributed by atoms with Gasteiger partial charge in [-0.25, -0.2) is 4.68 Å². The van der Waals surface area contributed by atoms with Gasteiger partial charge in [-0.1, -0.05) is 24.3 Å². The molecule has 1 aromatic heterocycles. The Hall–Kier alpha value is -3.10. The lowest BCUT2D eigenvalue weighted by atomic mass is 10.0. The van der Waals surface area contributed by atoms with E-state index in [0.717, 1.165) is 41.2 Å². The minimum Gasteiger partial charge on any atom is -0.494 e. The zero-order chi connectivity index (χ0) is 17.4. The molecule has 1 aliphatic carbocycles. The first-order valence-electron chi connectivity index (χ1n) is 8.21. The highest BCUT2D eigenvalue weighted by Crippen LogP contribution is 2.36. The summed E-state index contributed by atoms with van der Waals surface area (Å²) in [7, 11) is 1.66. The van der Waals surface area contributed by atoms with Crippen LogP contribution in [0.5, 0.6) is 5.75 Å². The van der Waals surface area contributed by atoms with Gasteiger partial charge in [-0.2, -0.15) is 10.4 Å². The summed E-state index contributed by atoms with van der Waals surface area (Å²) >= 11 is 0. The molecule has 0 unspecified atom stereocenters. The number of nitrogens with zero attached hydrogens (tertiary/aromatic N) is 3. The number of nitriles is 1. The molecule has 0 saturated heterocycles. The fourth-order valence-electron chi connectivity index (χ4n) is 3.44.